The van der Waals surface area contributed by atoms with Gasteiger partial charge in [0.15, 0.2) is 5.54 Å². The molecule has 6 nitrogen and oxygen atoms in total. The van der Waals surface area contributed by atoms with Gasteiger partial charge in [0.2, 0.25) is 5.91 Å². The third kappa shape index (κ3) is 3.42. The number of amides is 4. The molecular formula is C23H18ClN3O3. The number of halogens is 1. The highest BCUT2D eigenvalue weighted by Crippen LogP contribution is 2.36. The predicted octanol–water partition coefficient (Wildman–Crippen LogP) is 3.77. The molecule has 0 aliphatic carbocycles. The molecule has 30 heavy (non-hydrogen) atoms. The summed E-state index contributed by atoms with van der Waals surface area (Å²) in [6.45, 7) is -0.433. The van der Waals surface area contributed by atoms with Gasteiger partial charge in [-0.2, -0.15) is 0 Å². The summed E-state index contributed by atoms with van der Waals surface area (Å²) in [5.41, 5.74) is 0.241. The predicted molar refractivity (Wildman–Crippen MR) is 114 cm³/mol. The second kappa shape index (κ2) is 8.00. The molecule has 0 unspecified atom stereocenters. The van der Waals surface area contributed by atoms with Gasteiger partial charge in [0, 0.05) is 0 Å². The highest BCUT2D eigenvalue weighted by atomic mass is 35.5. The number of imide groups is 1. The summed E-state index contributed by atoms with van der Waals surface area (Å²) >= 11 is 6.07. The number of urea groups is 1. The Balaban J connectivity index is 1.66. The molecule has 7 heteroatoms. The molecule has 0 aromatic heterocycles. The average Bonchev–Trinajstić information content (AvgIpc) is 3.02. The Morgan fingerprint density at radius 3 is 1.97 bits per heavy atom. The number of anilines is 1. The summed E-state index contributed by atoms with van der Waals surface area (Å²) in [4.78, 5) is 39.8. The minimum absolute atomic E-state index is 0.367. The molecule has 0 spiro atoms. The first-order chi connectivity index (χ1) is 14.5. The van der Waals surface area contributed by atoms with Crippen LogP contribution in [0.15, 0.2) is 84.9 Å². The van der Waals surface area contributed by atoms with Crippen LogP contribution in [-0.2, 0) is 15.1 Å². The number of carbonyl (C=O) groups excluding carboxylic acids is 3. The van der Waals surface area contributed by atoms with Crippen LogP contribution >= 0.6 is 11.6 Å². The van der Waals surface area contributed by atoms with Gasteiger partial charge in [-0.05, 0) is 23.3 Å². The SMILES string of the molecule is O=C(CN1C(=O)NC(c2ccccc2)(c2ccccc2)C1=O)Nc1ccccc1Cl. The Bertz CT molecular complexity index is 1060. The lowest BCUT2D eigenvalue weighted by Gasteiger charge is -2.28. The first-order valence-corrected chi connectivity index (χ1v) is 9.70. The number of carbonyl (C=O) groups is 3. The Hall–Kier alpha value is -3.64. The van der Waals surface area contributed by atoms with Gasteiger partial charge in [0.05, 0.1) is 10.7 Å². The van der Waals surface area contributed by atoms with Crippen molar-refractivity contribution in [3.8, 4) is 0 Å². The normalized spacial score (nSPS) is 15.0. The van der Waals surface area contributed by atoms with E-state index in [2.05, 4.69) is 10.6 Å². The van der Waals surface area contributed by atoms with Crippen molar-refractivity contribution in [2.45, 2.75) is 5.54 Å². The minimum atomic E-state index is -1.40. The molecule has 0 saturated carbocycles. The van der Waals surface area contributed by atoms with Gasteiger partial charge in [-0.1, -0.05) is 84.4 Å². The topological polar surface area (TPSA) is 78.5 Å². The van der Waals surface area contributed by atoms with Crippen LogP contribution in [0.2, 0.25) is 5.02 Å². The number of hydrogen-bond donors (Lipinski definition) is 2. The average molecular weight is 420 g/mol. The summed E-state index contributed by atoms with van der Waals surface area (Å²) in [5, 5.41) is 5.82. The maximum atomic E-state index is 13.5. The van der Waals surface area contributed by atoms with Gasteiger partial charge in [0.1, 0.15) is 6.54 Å². The van der Waals surface area contributed by atoms with E-state index in [0.717, 1.165) is 4.90 Å². The van der Waals surface area contributed by atoms with Crippen molar-refractivity contribution in [1.29, 1.82) is 0 Å². The molecule has 3 aromatic rings. The summed E-state index contributed by atoms with van der Waals surface area (Å²) in [5.74, 6) is -1.04. The van der Waals surface area contributed by atoms with Crippen molar-refractivity contribution < 1.29 is 14.4 Å². The zero-order valence-corrected chi connectivity index (χ0v) is 16.6. The van der Waals surface area contributed by atoms with E-state index in [-0.39, 0.29) is 0 Å². The van der Waals surface area contributed by atoms with Crippen LogP contribution in [0.25, 0.3) is 0 Å². The molecular weight excluding hydrogens is 402 g/mol. The van der Waals surface area contributed by atoms with Crippen molar-refractivity contribution in [2.24, 2.45) is 0 Å². The summed E-state index contributed by atoms with van der Waals surface area (Å²) in [6.07, 6.45) is 0. The lowest BCUT2D eigenvalue weighted by Crippen LogP contribution is -2.45. The van der Waals surface area contributed by atoms with E-state index >= 15 is 0 Å². The molecule has 1 aliphatic heterocycles. The van der Waals surface area contributed by atoms with Crippen molar-refractivity contribution in [1.82, 2.24) is 10.2 Å². The van der Waals surface area contributed by atoms with Gasteiger partial charge in [0.25, 0.3) is 5.91 Å². The zero-order valence-electron chi connectivity index (χ0n) is 15.8. The standard InChI is InChI=1S/C23H18ClN3O3/c24-18-13-7-8-14-19(18)25-20(28)15-27-21(29)23(26-22(27)30,16-9-3-1-4-10-16)17-11-5-2-6-12-17/h1-14H,15H2,(H,25,28)(H,26,30). The molecule has 0 bridgehead atoms. The summed E-state index contributed by atoms with van der Waals surface area (Å²) < 4.78 is 0. The Kier molecular flexibility index (Phi) is 5.25. The molecule has 2 N–H and O–H groups in total. The minimum Gasteiger partial charge on any atom is -0.323 e. The largest absolute Gasteiger partial charge is 0.326 e. The molecule has 4 rings (SSSR count). The lowest BCUT2D eigenvalue weighted by molar-refractivity contribution is -0.133. The first-order valence-electron chi connectivity index (χ1n) is 9.32. The monoisotopic (exact) mass is 419 g/mol. The van der Waals surface area contributed by atoms with Gasteiger partial charge in [-0.15, -0.1) is 0 Å². The van der Waals surface area contributed by atoms with E-state index in [1.807, 2.05) is 12.1 Å². The molecule has 1 fully saturated rings. The van der Waals surface area contributed by atoms with Crippen molar-refractivity contribution in [2.75, 3.05) is 11.9 Å². The first kappa shape index (κ1) is 19.7. The number of nitrogens with zero attached hydrogens (tertiary/aromatic N) is 1. The molecule has 150 valence electrons. The summed E-state index contributed by atoms with van der Waals surface area (Å²) in [6, 6.07) is 24.1. The fraction of sp³-hybridized carbons (Fsp3) is 0.0870. The third-order valence-electron chi connectivity index (χ3n) is 4.97. The highest BCUT2D eigenvalue weighted by molar-refractivity contribution is 6.33. The molecule has 4 amide bonds. The maximum absolute atomic E-state index is 13.5. The van der Waals surface area contributed by atoms with E-state index in [9.17, 15) is 14.4 Å². The summed E-state index contributed by atoms with van der Waals surface area (Å²) in [7, 11) is 0. The van der Waals surface area contributed by atoms with Crippen LogP contribution < -0.4 is 10.6 Å². The molecule has 0 radical (unpaired) electrons. The molecule has 1 aliphatic rings. The Morgan fingerprint density at radius 1 is 0.867 bits per heavy atom. The van der Waals surface area contributed by atoms with Crippen LogP contribution in [0.5, 0.6) is 0 Å². The fourth-order valence-corrected chi connectivity index (χ4v) is 3.73. The second-order valence-electron chi connectivity index (χ2n) is 6.83. The smallest absolute Gasteiger partial charge is 0.323 e. The zero-order chi connectivity index (χ0) is 21.1. The van der Waals surface area contributed by atoms with Crippen molar-refractivity contribution in [3.63, 3.8) is 0 Å². The maximum Gasteiger partial charge on any atom is 0.326 e. The molecule has 1 saturated heterocycles. The van der Waals surface area contributed by atoms with Crippen LogP contribution in [0.3, 0.4) is 0 Å². The number of rotatable bonds is 5. The van der Waals surface area contributed by atoms with Gasteiger partial charge >= 0.3 is 6.03 Å². The van der Waals surface area contributed by atoms with Crippen LogP contribution in [0.1, 0.15) is 11.1 Å². The van der Waals surface area contributed by atoms with E-state index in [0.29, 0.717) is 21.8 Å². The van der Waals surface area contributed by atoms with Crippen LogP contribution in [0, 0.1) is 0 Å². The second-order valence-corrected chi connectivity index (χ2v) is 7.24. The number of nitrogens with one attached hydrogen (secondary N) is 2. The quantitative estimate of drug-likeness (QED) is 0.618. The number of benzene rings is 3. The van der Waals surface area contributed by atoms with Gasteiger partial charge in [-0.3, -0.25) is 14.5 Å². The van der Waals surface area contributed by atoms with E-state index < -0.39 is 29.9 Å². The third-order valence-corrected chi connectivity index (χ3v) is 5.30. The van der Waals surface area contributed by atoms with Gasteiger partial charge < -0.3 is 10.6 Å². The van der Waals surface area contributed by atoms with Crippen LogP contribution in [0.4, 0.5) is 10.5 Å². The highest BCUT2D eigenvalue weighted by Gasteiger charge is 2.54. The van der Waals surface area contributed by atoms with Crippen molar-refractivity contribution in [3.05, 3.63) is 101 Å². The van der Waals surface area contributed by atoms with Gasteiger partial charge in [-0.25, -0.2) is 4.79 Å². The van der Waals surface area contributed by atoms with Crippen molar-refractivity contribution >= 4 is 35.1 Å². The Morgan fingerprint density at radius 2 is 1.40 bits per heavy atom. The van der Waals surface area contributed by atoms with E-state index in [4.69, 9.17) is 11.6 Å². The number of para-hydroxylation sites is 1. The molecule has 3 aromatic carbocycles. The van der Waals surface area contributed by atoms with E-state index in [1.165, 1.54) is 0 Å². The van der Waals surface area contributed by atoms with E-state index in [1.54, 1.807) is 72.8 Å². The fourth-order valence-electron chi connectivity index (χ4n) is 3.55. The van der Waals surface area contributed by atoms with Crippen LogP contribution in [-0.4, -0.2) is 29.3 Å². The lowest BCUT2D eigenvalue weighted by atomic mass is 9.82. The molecule has 0 atom stereocenters. The number of hydrogen-bond acceptors (Lipinski definition) is 3. The molecule has 1 heterocycles. The Labute approximate surface area is 178 Å².